The number of nitrogens with one attached hydrogen (secondary N) is 2. The highest BCUT2D eigenvalue weighted by Crippen LogP contribution is 2.34. The summed E-state index contributed by atoms with van der Waals surface area (Å²) in [6.07, 6.45) is 0.620. The summed E-state index contributed by atoms with van der Waals surface area (Å²) in [7, 11) is 1.75. The van der Waals surface area contributed by atoms with Gasteiger partial charge in [0, 0.05) is 33.6 Å². The van der Waals surface area contributed by atoms with Gasteiger partial charge in [-0.15, -0.1) is 10.2 Å². The van der Waals surface area contributed by atoms with Gasteiger partial charge in [0.25, 0.3) is 0 Å². The molecular formula is C26H21ClN8. The van der Waals surface area contributed by atoms with Crippen LogP contribution >= 0.6 is 11.6 Å². The summed E-state index contributed by atoms with van der Waals surface area (Å²) in [5.74, 6) is 2.03. The molecule has 0 fully saturated rings. The van der Waals surface area contributed by atoms with Crippen LogP contribution in [0.5, 0.6) is 0 Å². The first-order valence-electron chi connectivity index (χ1n) is 11.2. The van der Waals surface area contributed by atoms with Crippen molar-refractivity contribution in [3.05, 3.63) is 88.7 Å². The molecule has 0 aliphatic heterocycles. The maximum atomic E-state index is 6.18. The minimum absolute atomic E-state index is 0.569. The number of aryl methyl sites for hydroxylation is 2. The van der Waals surface area contributed by atoms with Crippen LogP contribution in [0.15, 0.2) is 66.7 Å². The van der Waals surface area contributed by atoms with E-state index in [-0.39, 0.29) is 0 Å². The van der Waals surface area contributed by atoms with Gasteiger partial charge in [-0.1, -0.05) is 54.1 Å². The van der Waals surface area contributed by atoms with Gasteiger partial charge in [-0.25, -0.2) is 9.97 Å². The normalized spacial score (nSPS) is 11.4. The van der Waals surface area contributed by atoms with Crippen LogP contribution in [0, 0.1) is 6.92 Å². The van der Waals surface area contributed by atoms with Gasteiger partial charge in [-0.05, 0) is 47.5 Å². The third-order valence-electron chi connectivity index (χ3n) is 5.91. The van der Waals surface area contributed by atoms with Crippen LogP contribution < -0.4 is 5.32 Å². The molecule has 3 heterocycles. The standard InChI is InChI=1S/C26H21ClN8/c1-15-12-18(27)9-11-20(15)28-25-23-19-10-8-17(24-32-34-35(2)33-24)14-21(19)29-26(23)31-22(30-25)13-16-6-4-3-5-7-16/h3-12,14H,13H2,1-2H3,(H2,28,29,30,31). The SMILES string of the molecule is Cc1cc(Cl)ccc1Nc1nc(Cc2ccccc2)nc2[nH]c3cc(-c4nnn(C)n4)ccc3c12. The molecule has 0 aliphatic rings. The fourth-order valence-corrected chi connectivity index (χ4v) is 4.45. The molecule has 0 amide bonds. The number of halogens is 1. The van der Waals surface area contributed by atoms with Crippen molar-refractivity contribution >= 4 is 45.0 Å². The van der Waals surface area contributed by atoms with Crippen molar-refractivity contribution in [3.8, 4) is 11.4 Å². The Kier molecular flexibility index (Phi) is 5.15. The molecule has 0 aliphatic carbocycles. The third kappa shape index (κ3) is 4.08. The Balaban J connectivity index is 1.51. The van der Waals surface area contributed by atoms with E-state index in [0.717, 1.165) is 56.0 Å². The lowest BCUT2D eigenvalue weighted by atomic mass is 10.1. The minimum Gasteiger partial charge on any atom is -0.339 e. The fraction of sp³-hybridized carbons (Fsp3) is 0.115. The molecule has 0 atom stereocenters. The van der Waals surface area contributed by atoms with Gasteiger partial charge in [0.15, 0.2) is 0 Å². The fourth-order valence-electron chi connectivity index (χ4n) is 4.23. The number of rotatable bonds is 5. The highest BCUT2D eigenvalue weighted by molar-refractivity contribution is 6.30. The van der Waals surface area contributed by atoms with Crippen molar-refractivity contribution in [3.63, 3.8) is 0 Å². The summed E-state index contributed by atoms with van der Waals surface area (Å²) >= 11 is 6.18. The Labute approximate surface area is 206 Å². The molecule has 0 unspecified atom stereocenters. The van der Waals surface area contributed by atoms with Gasteiger partial charge in [0.05, 0.1) is 12.4 Å². The maximum Gasteiger partial charge on any atom is 0.204 e. The molecule has 9 heteroatoms. The number of H-pyrrole nitrogens is 1. The molecule has 2 N–H and O–H groups in total. The lowest BCUT2D eigenvalue weighted by Gasteiger charge is -2.12. The molecule has 0 saturated carbocycles. The maximum absolute atomic E-state index is 6.18. The van der Waals surface area contributed by atoms with E-state index in [1.54, 1.807) is 7.05 Å². The molecule has 0 radical (unpaired) electrons. The first-order valence-corrected chi connectivity index (χ1v) is 11.5. The zero-order valence-corrected chi connectivity index (χ0v) is 19.9. The topological polar surface area (TPSA) is 97.2 Å². The number of benzene rings is 3. The zero-order chi connectivity index (χ0) is 23.9. The second-order valence-corrected chi connectivity index (χ2v) is 8.88. The van der Waals surface area contributed by atoms with Gasteiger partial charge < -0.3 is 10.3 Å². The molecule has 8 nitrogen and oxygen atoms in total. The molecule has 0 bridgehead atoms. The molecule has 0 saturated heterocycles. The quantitative estimate of drug-likeness (QED) is 0.333. The summed E-state index contributed by atoms with van der Waals surface area (Å²) in [5.41, 5.74) is 5.68. The van der Waals surface area contributed by atoms with E-state index in [1.165, 1.54) is 4.80 Å². The number of aromatic amines is 1. The zero-order valence-electron chi connectivity index (χ0n) is 19.1. The minimum atomic E-state index is 0.569. The monoisotopic (exact) mass is 480 g/mol. The molecule has 172 valence electrons. The number of anilines is 2. The molecule has 35 heavy (non-hydrogen) atoms. The van der Waals surface area contributed by atoms with Crippen LogP contribution in [0.25, 0.3) is 33.3 Å². The molecule has 3 aromatic heterocycles. The van der Waals surface area contributed by atoms with Crippen LogP contribution in [0.4, 0.5) is 11.5 Å². The Hall–Kier alpha value is -4.30. The van der Waals surface area contributed by atoms with E-state index < -0.39 is 0 Å². The lowest BCUT2D eigenvalue weighted by Crippen LogP contribution is -2.03. The molecule has 6 aromatic rings. The van der Waals surface area contributed by atoms with Gasteiger partial charge in [-0.3, -0.25) is 0 Å². The lowest BCUT2D eigenvalue weighted by molar-refractivity contribution is 0.630. The van der Waals surface area contributed by atoms with Gasteiger partial charge >= 0.3 is 0 Å². The Bertz CT molecular complexity index is 1690. The number of aromatic nitrogens is 7. The Morgan fingerprint density at radius 2 is 1.86 bits per heavy atom. The van der Waals surface area contributed by atoms with E-state index in [2.05, 4.69) is 37.8 Å². The number of fused-ring (bicyclic) bond motifs is 3. The Morgan fingerprint density at radius 3 is 2.63 bits per heavy atom. The van der Waals surface area contributed by atoms with Crippen molar-refractivity contribution in [1.82, 2.24) is 35.2 Å². The van der Waals surface area contributed by atoms with Gasteiger partial charge in [0.1, 0.15) is 17.3 Å². The van der Waals surface area contributed by atoms with E-state index in [1.807, 2.05) is 61.5 Å². The Morgan fingerprint density at radius 1 is 1.00 bits per heavy atom. The van der Waals surface area contributed by atoms with Crippen molar-refractivity contribution in [1.29, 1.82) is 0 Å². The summed E-state index contributed by atoms with van der Waals surface area (Å²) in [4.78, 5) is 14.7. The van der Waals surface area contributed by atoms with Crippen LogP contribution in [0.3, 0.4) is 0 Å². The first-order chi connectivity index (χ1) is 17.0. The van der Waals surface area contributed by atoms with Crippen molar-refractivity contribution < 1.29 is 0 Å². The van der Waals surface area contributed by atoms with Crippen LogP contribution in [0.2, 0.25) is 5.02 Å². The number of nitrogens with zero attached hydrogens (tertiary/aromatic N) is 6. The largest absolute Gasteiger partial charge is 0.339 e. The van der Waals surface area contributed by atoms with Gasteiger partial charge in [0.2, 0.25) is 5.82 Å². The number of hydrogen-bond donors (Lipinski definition) is 2. The van der Waals surface area contributed by atoms with E-state index >= 15 is 0 Å². The van der Waals surface area contributed by atoms with Crippen LogP contribution in [0.1, 0.15) is 17.0 Å². The second kappa shape index (κ2) is 8.48. The predicted octanol–water partition coefficient (Wildman–Crippen LogP) is 5.60. The molecule has 3 aromatic carbocycles. The number of tetrazole rings is 1. The molecular weight excluding hydrogens is 460 g/mol. The smallest absolute Gasteiger partial charge is 0.204 e. The third-order valence-corrected chi connectivity index (χ3v) is 6.15. The van der Waals surface area contributed by atoms with Gasteiger partial charge in [-0.2, -0.15) is 4.80 Å². The van der Waals surface area contributed by atoms with E-state index in [0.29, 0.717) is 17.3 Å². The molecule has 0 spiro atoms. The average molecular weight is 481 g/mol. The van der Waals surface area contributed by atoms with Crippen molar-refractivity contribution in [2.75, 3.05) is 5.32 Å². The van der Waals surface area contributed by atoms with Crippen LogP contribution in [-0.4, -0.2) is 35.2 Å². The second-order valence-electron chi connectivity index (χ2n) is 8.45. The first kappa shape index (κ1) is 21.2. The molecule has 6 rings (SSSR count). The van der Waals surface area contributed by atoms with E-state index in [9.17, 15) is 0 Å². The average Bonchev–Trinajstić information content (AvgIpc) is 3.44. The summed E-state index contributed by atoms with van der Waals surface area (Å²) in [6, 6.07) is 22.0. The van der Waals surface area contributed by atoms with Crippen molar-refractivity contribution in [2.45, 2.75) is 13.3 Å². The van der Waals surface area contributed by atoms with Crippen LogP contribution in [-0.2, 0) is 13.5 Å². The van der Waals surface area contributed by atoms with E-state index in [4.69, 9.17) is 21.6 Å². The van der Waals surface area contributed by atoms with Crippen molar-refractivity contribution in [2.24, 2.45) is 7.05 Å². The number of hydrogen-bond acceptors (Lipinski definition) is 6. The summed E-state index contributed by atoms with van der Waals surface area (Å²) in [5, 5.41) is 18.6. The highest BCUT2D eigenvalue weighted by Gasteiger charge is 2.17. The summed E-state index contributed by atoms with van der Waals surface area (Å²) < 4.78 is 0. The predicted molar refractivity (Wildman–Crippen MR) is 138 cm³/mol. The summed E-state index contributed by atoms with van der Waals surface area (Å²) in [6.45, 7) is 2.02. The highest BCUT2D eigenvalue weighted by atomic mass is 35.5.